The summed E-state index contributed by atoms with van der Waals surface area (Å²) in [6, 6.07) is 0. The van der Waals surface area contributed by atoms with Crippen molar-refractivity contribution in [1.29, 1.82) is 0 Å². The van der Waals surface area contributed by atoms with E-state index in [1.165, 1.54) is 0 Å². The van der Waals surface area contributed by atoms with Crippen molar-refractivity contribution < 1.29 is 22.0 Å². The molecular weight excluding hydrogens is 155 g/mol. The van der Waals surface area contributed by atoms with Crippen LogP contribution in [0, 0.1) is 0 Å². The van der Waals surface area contributed by atoms with Gasteiger partial charge in [0, 0.05) is 6.08 Å². The van der Waals surface area contributed by atoms with Crippen LogP contribution >= 0.6 is 0 Å². The third kappa shape index (κ3) is 27.3. The Morgan fingerprint density at radius 2 is 1.40 bits per heavy atom. The second kappa shape index (κ2) is 6.25. The lowest BCUT2D eigenvalue weighted by atomic mass is 10.6. The molecule has 0 aromatic carbocycles. The predicted molar refractivity (Wildman–Crippen MR) is 27.6 cm³/mol. The van der Waals surface area contributed by atoms with E-state index >= 15 is 0 Å². The van der Waals surface area contributed by atoms with Crippen molar-refractivity contribution in [2.75, 3.05) is 0 Å². The zero-order chi connectivity index (χ0) is 8.62. The SMILES string of the molecule is C=CF.F/C=C/C(F)(F)F. The molecule has 5 heteroatoms. The van der Waals surface area contributed by atoms with E-state index in [2.05, 4.69) is 6.58 Å². The quantitative estimate of drug-likeness (QED) is 0.477. The van der Waals surface area contributed by atoms with Crippen LogP contribution in [0.4, 0.5) is 22.0 Å². The molecule has 0 aromatic rings. The van der Waals surface area contributed by atoms with Gasteiger partial charge in [0.25, 0.3) is 0 Å². The van der Waals surface area contributed by atoms with Gasteiger partial charge in [-0.1, -0.05) is 6.58 Å². The molecule has 0 rings (SSSR count). The summed E-state index contributed by atoms with van der Waals surface area (Å²) >= 11 is 0. The normalized spacial score (nSPS) is 10.5. The third-order valence-corrected chi connectivity index (χ3v) is 0.252. The minimum Gasteiger partial charge on any atom is -0.216 e. The van der Waals surface area contributed by atoms with E-state index in [9.17, 15) is 22.0 Å². The Bertz CT molecular complexity index is 101. The molecule has 10 heavy (non-hydrogen) atoms. The van der Waals surface area contributed by atoms with E-state index in [1.807, 2.05) is 0 Å². The minimum absolute atomic E-state index is 0.250. The molecule has 0 N–H and O–H groups in total. The fourth-order valence-electron chi connectivity index (χ4n) is 0.0714. The first-order valence-corrected chi connectivity index (χ1v) is 2.03. The molecule has 0 saturated heterocycles. The molecule has 0 nitrogen and oxygen atoms in total. The fraction of sp³-hybridized carbons (Fsp3) is 0.200. The molecule has 0 atom stereocenters. The lowest BCUT2D eigenvalue weighted by molar-refractivity contribution is -0.0805. The van der Waals surface area contributed by atoms with E-state index in [4.69, 9.17) is 0 Å². The zero-order valence-electron chi connectivity index (χ0n) is 4.83. The monoisotopic (exact) mass is 160 g/mol. The first-order chi connectivity index (χ1) is 4.47. The number of alkyl halides is 3. The van der Waals surface area contributed by atoms with Crippen LogP contribution in [0.5, 0.6) is 0 Å². The summed E-state index contributed by atoms with van der Waals surface area (Å²) in [6.45, 7) is 2.69. The standard InChI is InChI=1S/C3H2F4.C2H3F/c4-2-1-3(5,6)7;1-2-3/h1-2H;2H,1H2/b2-1+;. The highest BCUT2D eigenvalue weighted by molar-refractivity contribution is 4.80. The molecule has 0 unspecified atom stereocenters. The Hall–Kier alpha value is -0.870. The highest BCUT2D eigenvalue weighted by atomic mass is 19.4. The van der Waals surface area contributed by atoms with E-state index in [0.717, 1.165) is 0 Å². The lowest BCUT2D eigenvalue weighted by Gasteiger charge is -1.92. The van der Waals surface area contributed by atoms with Crippen LogP contribution in [-0.2, 0) is 0 Å². The Kier molecular flexibility index (Phi) is 7.42. The molecule has 0 spiro atoms. The molecule has 60 valence electrons. The summed E-state index contributed by atoms with van der Waals surface area (Å²) < 4.78 is 52.8. The maximum Gasteiger partial charge on any atom is 0.411 e. The molecule has 0 aliphatic carbocycles. The second-order valence-corrected chi connectivity index (χ2v) is 0.989. The van der Waals surface area contributed by atoms with Crippen molar-refractivity contribution >= 4 is 0 Å². The van der Waals surface area contributed by atoms with Crippen molar-refractivity contribution in [2.24, 2.45) is 0 Å². The third-order valence-electron chi connectivity index (χ3n) is 0.252. The molecule has 0 fully saturated rings. The summed E-state index contributed by atoms with van der Waals surface area (Å²) in [7, 11) is 0. The van der Waals surface area contributed by atoms with Gasteiger partial charge in [-0.3, -0.25) is 0 Å². The molecule has 0 aromatic heterocycles. The average molecular weight is 160 g/mol. The van der Waals surface area contributed by atoms with Crippen LogP contribution < -0.4 is 0 Å². The first kappa shape index (κ1) is 11.9. The smallest absolute Gasteiger partial charge is 0.216 e. The Labute approximate surface area is 54.7 Å². The van der Waals surface area contributed by atoms with Crippen molar-refractivity contribution in [1.82, 2.24) is 0 Å². The first-order valence-electron chi connectivity index (χ1n) is 2.03. The van der Waals surface area contributed by atoms with Crippen LogP contribution in [0.3, 0.4) is 0 Å². The summed E-state index contributed by atoms with van der Waals surface area (Å²) in [5.74, 6) is 0. The van der Waals surface area contributed by atoms with E-state index < -0.39 is 18.6 Å². The van der Waals surface area contributed by atoms with Gasteiger partial charge in [0.1, 0.15) is 0 Å². The van der Waals surface area contributed by atoms with Gasteiger partial charge in [0.05, 0.1) is 12.7 Å². The Balaban J connectivity index is 0. The summed E-state index contributed by atoms with van der Waals surface area (Å²) in [4.78, 5) is 0. The zero-order valence-corrected chi connectivity index (χ0v) is 4.83. The van der Waals surface area contributed by atoms with E-state index in [1.54, 1.807) is 0 Å². The minimum atomic E-state index is -4.51. The van der Waals surface area contributed by atoms with Crippen molar-refractivity contribution in [3.8, 4) is 0 Å². The van der Waals surface area contributed by atoms with Gasteiger partial charge in [-0.15, -0.1) is 0 Å². The molecule has 0 aliphatic heterocycles. The summed E-state index contributed by atoms with van der Waals surface area (Å²) in [5, 5.41) is 0. The Morgan fingerprint density at radius 3 is 1.40 bits per heavy atom. The molecule has 0 heterocycles. The molecular formula is C5H5F5. The van der Waals surface area contributed by atoms with Gasteiger partial charge in [-0.2, -0.15) is 13.2 Å². The topological polar surface area (TPSA) is 0 Å². The molecule has 0 saturated carbocycles. The highest BCUT2D eigenvalue weighted by Crippen LogP contribution is 2.15. The van der Waals surface area contributed by atoms with Crippen molar-refractivity contribution in [3.05, 3.63) is 25.3 Å². The van der Waals surface area contributed by atoms with Crippen LogP contribution in [0.25, 0.3) is 0 Å². The van der Waals surface area contributed by atoms with E-state index in [0.29, 0.717) is 0 Å². The van der Waals surface area contributed by atoms with Gasteiger partial charge >= 0.3 is 6.18 Å². The van der Waals surface area contributed by atoms with Crippen LogP contribution in [0.1, 0.15) is 0 Å². The molecule has 0 bridgehead atoms. The van der Waals surface area contributed by atoms with Crippen LogP contribution in [0.15, 0.2) is 25.3 Å². The van der Waals surface area contributed by atoms with Crippen LogP contribution in [0.2, 0.25) is 0 Å². The maximum absolute atomic E-state index is 10.7. The van der Waals surface area contributed by atoms with E-state index in [-0.39, 0.29) is 6.33 Å². The van der Waals surface area contributed by atoms with Crippen molar-refractivity contribution in [3.63, 3.8) is 0 Å². The highest BCUT2D eigenvalue weighted by Gasteiger charge is 2.21. The predicted octanol–water partition coefficient (Wildman–Crippen LogP) is 3.13. The molecule has 0 radical (unpaired) electrons. The van der Waals surface area contributed by atoms with Crippen LogP contribution in [-0.4, -0.2) is 6.18 Å². The lowest BCUT2D eigenvalue weighted by Crippen LogP contribution is -1.99. The van der Waals surface area contributed by atoms with Gasteiger partial charge in [-0.05, 0) is 0 Å². The maximum atomic E-state index is 10.7. The van der Waals surface area contributed by atoms with Crippen molar-refractivity contribution in [2.45, 2.75) is 6.18 Å². The molecule has 0 aliphatic rings. The number of hydrogen-bond donors (Lipinski definition) is 0. The summed E-state index contributed by atoms with van der Waals surface area (Å²) in [5.41, 5.74) is 0. The van der Waals surface area contributed by atoms with Gasteiger partial charge in [0.2, 0.25) is 0 Å². The number of allylic oxidation sites excluding steroid dienone is 1. The number of halogens is 5. The summed E-state index contributed by atoms with van der Waals surface area (Å²) in [6.07, 6.45) is -5.28. The average Bonchev–Trinajstić information content (AvgIpc) is 1.63. The molecule has 0 amide bonds. The van der Waals surface area contributed by atoms with Gasteiger partial charge < -0.3 is 0 Å². The second-order valence-electron chi connectivity index (χ2n) is 0.989. The largest absolute Gasteiger partial charge is 0.411 e. The fourth-order valence-corrected chi connectivity index (χ4v) is 0.0714. The van der Waals surface area contributed by atoms with Gasteiger partial charge in [-0.25, -0.2) is 8.78 Å². The van der Waals surface area contributed by atoms with Gasteiger partial charge in [0.15, 0.2) is 0 Å². The Morgan fingerprint density at radius 1 is 1.10 bits per heavy atom. The number of hydrogen-bond acceptors (Lipinski definition) is 0. The number of rotatable bonds is 0.